The molecular weight excluding hydrogens is 240 g/mol. The highest BCUT2D eigenvalue weighted by atomic mass is 16.5. The molecular formula is C14H30N4O. The Labute approximate surface area is 117 Å². The maximum Gasteiger partial charge on any atom is 0.188 e. The molecule has 1 rings (SSSR count). The second kappa shape index (κ2) is 11.1. The number of hydrogen-bond acceptors (Lipinski definition) is 3. The summed E-state index contributed by atoms with van der Waals surface area (Å²) in [6, 6.07) is 0. The lowest BCUT2D eigenvalue weighted by atomic mass is 10.2. The van der Waals surface area contributed by atoms with Crippen molar-refractivity contribution in [3.05, 3.63) is 0 Å². The predicted molar refractivity (Wildman–Crippen MR) is 80.5 cm³/mol. The van der Waals surface area contributed by atoms with Gasteiger partial charge in [-0.2, -0.15) is 0 Å². The van der Waals surface area contributed by atoms with E-state index < -0.39 is 0 Å². The molecule has 0 atom stereocenters. The third kappa shape index (κ3) is 8.83. The van der Waals surface area contributed by atoms with Crippen LogP contribution in [0.1, 0.15) is 39.0 Å². The molecule has 5 nitrogen and oxygen atoms in total. The summed E-state index contributed by atoms with van der Waals surface area (Å²) in [7, 11) is 0. The number of nitrogens with zero attached hydrogens (tertiary/aromatic N) is 2. The average molecular weight is 270 g/mol. The highest BCUT2D eigenvalue weighted by molar-refractivity contribution is 5.77. The number of unbranched alkanes of at least 4 members (excludes halogenated alkanes) is 3. The van der Waals surface area contributed by atoms with Crippen LogP contribution in [0, 0.1) is 0 Å². The van der Waals surface area contributed by atoms with Crippen LogP contribution < -0.4 is 11.1 Å². The molecule has 0 bridgehead atoms. The number of guanidine groups is 1. The van der Waals surface area contributed by atoms with Crippen molar-refractivity contribution in [2.75, 3.05) is 45.9 Å². The lowest BCUT2D eigenvalue weighted by molar-refractivity contribution is 0.0377. The minimum atomic E-state index is 0.596. The number of hydrogen-bond donors (Lipinski definition) is 2. The summed E-state index contributed by atoms with van der Waals surface area (Å²) in [4.78, 5) is 6.78. The van der Waals surface area contributed by atoms with Gasteiger partial charge in [-0.1, -0.05) is 26.2 Å². The second-order valence-corrected chi connectivity index (χ2v) is 5.06. The Morgan fingerprint density at radius 2 is 2.00 bits per heavy atom. The normalized spacial score (nSPS) is 17.6. The van der Waals surface area contributed by atoms with Gasteiger partial charge in [0.15, 0.2) is 5.96 Å². The standard InChI is InChI=1S/C14H30N4O/c1-2-3-4-5-7-16-14(15)17-8-6-9-18-10-12-19-13-11-18/h2-13H2,1H3,(H3,15,16,17). The van der Waals surface area contributed by atoms with Crippen LogP contribution in [0.15, 0.2) is 4.99 Å². The summed E-state index contributed by atoms with van der Waals surface area (Å²) < 4.78 is 5.32. The molecule has 0 unspecified atom stereocenters. The van der Waals surface area contributed by atoms with Gasteiger partial charge in [-0.3, -0.25) is 9.89 Å². The van der Waals surface area contributed by atoms with Crippen LogP contribution in [0.3, 0.4) is 0 Å². The number of morpholine rings is 1. The zero-order chi connectivity index (χ0) is 13.8. The van der Waals surface area contributed by atoms with Crippen molar-refractivity contribution in [2.24, 2.45) is 10.7 Å². The minimum Gasteiger partial charge on any atom is -0.379 e. The van der Waals surface area contributed by atoms with E-state index in [1.54, 1.807) is 0 Å². The van der Waals surface area contributed by atoms with E-state index in [9.17, 15) is 0 Å². The molecule has 1 aliphatic heterocycles. The smallest absolute Gasteiger partial charge is 0.188 e. The summed E-state index contributed by atoms with van der Waals surface area (Å²) in [5.41, 5.74) is 5.81. The predicted octanol–water partition coefficient (Wildman–Crippen LogP) is 1.19. The summed E-state index contributed by atoms with van der Waals surface area (Å²) in [6.07, 6.45) is 6.09. The van der Waals surface area contributed by atoms with E-state index in [4.69, 9.17) is 10.5 Å². The van der Waals surface area contributed by atoms with E-state index in [1.807, 2.05) is 0 Å². The molecule has 0 aromatic rings. The summed E-state index contributed by atoms with van der Waals surface area (Å²) >= 11 is 0. The molecule has 0 amide bonds. The SMILES string of the molecule is CCCCCCNC(N)=NCCCN1CCOCC1. The van der Waals surface area contributed by atoms with Gasteiger partial charge in [-0.05, 0) is 12.8 Å². The monoisotopic (exact) mass is 270 g/mol. The molecule has 1 aliphatic rings. The molecule has 5 heteroatoms. The molecule has 0 saturated carbocycles. The van der Waals surface area contributed by atoms with E-state index in [2.05, 4.69) is 22.1 Å². The fourth-order valence-corrected chi connectivity index (χ4v) is 2.14. The van der Waals surface area contributed by atoms with Crippen LogP contribution in [0.25, 0.3) is 0 Å². The van der Waals surface area contributed by atoms with Crippen molar-refractivity contribution >= 4 is 5.96 Å². The van der Waals surface area contributed by atoms with Crippen LogP contribution in [-0.4, -0.2) is 56.8 Å². The van der Waals surface area contributed by atoms with Crippen molar-refractivity contribution in [1.82, 2.24) is 10.2 Å². The third-order valence-corrected chi connectivity index (χ3v) is 3.35. The zero-order valence-electron chi connectivity index (χ0n) is 12.4. The molecule has 3 N–H and O–H groups in total. The maximum atomic E-state index is 5.81. The number of aliphatic imine (C=N–C) groups is 1. The van der Waals surface area contributed by atoms with Crippen LogP contribution in [-0.2, 0) is 4.74 Å². The van der Waals surface area contributed by atoms with Gasteiger partial charge >= 0.3 is 0 Å². The molecule has 0 aromatic heterocycles. The Bertz CT molecular complexity index is 240. The number of ether oxygens (including phenoxy) is 1. The molecule has 0 aromatic carbocycles. The van der Waals surface area contributed by atoms with Crippen LogP contribution in [0.2, 0.25) is 0 Å². The van der Waals surface area contributed by atoms with Crippen molar-refractivity contribution in [1.29, 1.82) is 0 Å². The summed E-state index contributed by atoms with van der Waals surface area (Å²) in [5, 5.41) is 3.17. The van der Waals surface area contributed by atoms with E-state index in [0.29, 0.717) is 5.96 Å². The molecule has 112 valence electrons. The Hall–Kier alpha value is -0.810. The first-order valence-corrected chi connectivity index (χ1v) is 7.67. The molecule has 1 heterocycles. The second-order valence-electron chi connectivity index (χ2n) is 5.06. The van der Waals surface area contributed by atoms with E-state index in [1.165, 1.54) is 25.7 Å². The Kier molecular flexibility index (Phi) is 9.45. The van der Waals surface area contributed by atoms with Crippen molar-refractivity contribution in [3.63, 3.8) is 0 Å². The van der Waals surface area contributed by atoms with Gasteiger partial charge in [0.25, 0.3) is 0 Å². The highest BCUT2D eigenvalue weighted by Crippen LogP contribution is 1.98. The van der Waals surface area contributed by atoms with Gasteiger partial charge in [0.05, 0.1) is 13.2 Å². The molecule has 1 saturated heterocycles. The molecule has 0 aliphatic carbocycles. The first-order chi connectivity index (χ1) is 9.33. The third-order valence-electron chi connectivity index (χ3n) is 3.35. The van der Waals surface area contributed by atoms with Crippen molar-refractivity contribution in [2.45, 2.75) is 39.0 Å². The van der Waals surface area contributed by atoms with Gasteiger partial charge in [-0.25, -0.2) is 0 Å². The summed E-state index contributed by atoms with van der Waals surface area (Å²) in [5.74, 6) is 0.596. The van der Waals surface area contributed by atoms with Crippen molar-refractivity contribution in [3.8, 4) is 0 Å². The van der Waals surface area contributed by atoms with Crippen LogP contribution >= 0.6 is 0 Å². The van der Waals surface area contributed by atoms with E-state index >= 15 is 0 Å². The maximum absolute atomic E-state index is 5.81. The summed E-state index contributed by atoms with van der Waals surface area (Å²) in [6.45, 7) is 8.90. The molecule has 19 heavy (non-hydrogen) atoms. The quantitative estimate of drug-likeness (QED) is 0.375. The van der Waals surface area contributed by atoms with Crippen molar-refractivity contribution < 1.29 is 4.74 Å². The number of nitrogens with one attached hydrogen (secondary N) is 1. The largest absolute Gasteiger partial charge is 0.379 e. The molecule has 1 fully saturated rings. The number of nitrogens with two attached hydrogens (primary N) is 1. The van der Waals surface area contributed by atoms with Gasteiger partial charge < -0.3 is 15.8 Å². The Morgan fingerprint density at radius 1 is 1.21 bits per heavy atom. The van der Waals surface area contributed by atoms with Gasteiger partial charge in [-0.15, -0.1) is 0 Å². The average Bonchev–Trinajstić information content (AvgIpc) is 2.44. The lowest BCUT2D eigenvalue weighted by Gasteiger charge is -2.26. The van der Waals surface area contributed by atoms with Gasteiger partial charge in [0.2, 0.25) is 0 Å². The van der Waals surface area contributed by atoms with Gasteiger partial charge in [0, 0.05) is 32.7 Å². The van der Waals surface area contributed by atoms with E-state index in [-0.39, 0.29) is 0 Å². The molecule has 0 spiro atoms. The topological polar surface area (TPSA) is 62.9 Å². The minimum absolute atomic E-state index is 0.596. The Morgan fingerprint density at radius 3 is 2.74 bits per heavy atom. The van der Waals surface area contributed by atoms with Crippen LogP contribution in [0.4, 0.5) is 0 Å². The highest BCUT2D eigenvalue weighted by Gasteiger charge is 2.08. The van der Waals surface area contributed by atoms with Crippen LogP contribution in [0.5, 0.6) is 0 Å². The fraction of sp³-hybridized carbons (Fsp3) is 0.929. The molecule has 0 radical (unpaired) electrons. The van der Waals surface area contributed by atoms with E-state index in [0.717, 1.165) is 52.4 Å². The van der Waals surface area contributed by atoms with Gasteiger partial charge in [0.1, 0.15) is 0 Å². The first kappa shape index (κ1) is 16.2. The zero-order valence-corrected chi connectivity index (χ0v) is 12.4. The fourth-order valence-electron chi connectivity index (χ4n) is 2.14. The first-order valence-electron chi connectivity index (χ1n) is 7.67. The lowest BCUT2D eigenvalue weighted by Crippen LogP contribution is -2.37. The Balaban J connectivity index is 1.94. The number of rotatable bonds is 9.